The Labute approximate surface area is 71.1 Å². The summed E-state index contributed by atoms with van der Waals surface area (Å²) in [5, 5.41) is 17.8. The van der Waals surface area contributed by atoms with Crippen LogP contribution in [0.15, 0.2) is 0 Å². The van der Waals surface area contributed by atoms with Crippen molar-refractivity contribution in [2.45, 2.75) is 32.2 Å². The van der Waals surface area contributed by atoms with Crippen molar-refractivity contribution in [3.05, 3.63) is 0 Å². The Kier molecular flexibility index (Phi) is 3.20. The molecule has 12 heavy (non-hydrogen) atoms. The fourth-order valence-electron chi connectivity index (χ4n) is 0.443. The molecule has 5 heteroatoms. The monoisotopic (exact) mass is 177 g/mol. The molecule has 5 nitrogen and oxygen atoms in total. The fraction of sp³-hybridized carbons (Fsp3) is 0.857. The fourth-order valence-corrected chi connectivity index (χ4v) is 0.443. The molecule has 0 atom stereocenters. The summed E-state index contributed by atoms with van der Waals surface area (Å²) in [6.07, 6.45) is 0. The standard InChI is InChI=1S/C7H15NO4/c1-6(2,3)12-5(9)7(10,11)4-8/h10-11H,4,8H2,1-3H3. The quantitative estimate of drug-likeness (QED) is 0.370. The summed E-state index contributed by atoms with van der Waals surface area (Å²) in [4.78, 5) is 10.9. The van der Waals surface area contributed by atoms with Gasteiger partial charge in [-0.25, -0.2) is 4.79 Å². The third kappa shape index (κ3) is 3.66. The molecule has 0 amide bonds. The van der Waals surface area contributed by atoms with Gasteiger partial charge in [-0.3, -0.25) is 0 Å². The summed E-state index contributed by atoms with van der Waals surface area (Å²) in [7, 11) is 0. The molecule has 0 rings (SSSR count). The summed E-state index contributed by atoms with van der Waals surface area (Å²) >= 11 is 0. The van der Waals surface area contributed by atoms with Gasteiger partial charge in [0.1, 0.15) is 5.60 Å². The molecule has 0 aromatic heterocycles. The summed E-state index contributed by atoms with van der Waals surface area (Å²) in [5.74, 6) is -3.70. The molecule has 0 saturated carbocycles. The highest BCUT2D eigenvalue weighted by molar-refractivity contribution is 5.77. The van der Waals surface area contributed by atoms with Crippen LogP contribution < -0.4 is 5.73 Å². The van der Waals surface area contributed by atoms with Crippen LogP contribution in [0.2, 0.25) is 0 Å². The smallest absolute Gasteiger partial charge is 0.368 e. The van der Waals surface area contributed by atoms with Crippen LogP contribution in [0, 0.1) is 0 Å². The molecule has 0 aliphatic heterocycles. The van der Waals surface area contributed by atoms with Gasteiger partial charge in [0.2, 0.25) is 0 Å². The highest BCUT2D eigenvalue weighted by atomic mass is 16.6. The van der Waals surface area contributed by atoms with Crippen molar-refractivity contribution < 1.29 is 19.7 Å². The number of rotatable bonds is 2. The number of carbonyl (C=O) groups excluding carboxylic acids is 1. The van der Waals surface area contributed by atoms with Gasteiger partial charge in [0.05, 0.1) is 6.54 Å². The van der Waals surface area contributed by atoms with E-state index >= 15 is 0 Å². The minimum Gasteiger partial charge on any atom is -0.456 e. The predicted molar refractivity (Wildman–Crippen MR) is 42.1 cm³/mol. The summed E-state index contributed by atoms with van der Waals surface area (Å²) in [6, 6.07) is 0. The maximum atomic E-state index is 10.9. The SMILES string of the molecule is CC(C)(C)OC(=O)C(O)(O)CN. The zero-order valence-corrected chi connectivity index (χ0v) is 7.50. The van der Waals surface area contributed by atoms with Crippen LogP contribution in [-0.2, 0) is 9.53 Å². The highest BCUT2D eigenvalue weighted by Crippen LogP contribution is 2.11. The minimum absolute atomic E-state index is 0.581. The van der Waals surface area contributed by atoms with E-state index in [0.29, 0.717) is 0 Å². The number of hydrogen-bond donors (Lipinski definition) is 3. The lowest BCUT2D eigenvalue weighted by Crippen LogP contribution is -2.48. The number of ether oxygens (including phenoxy) is 1. The lowest BCUT2D eigenvalue weighted by Gasteiger charge is -2.25. The largest absolute Gasteiger partial charge is 0.456 e. The molecule has 0 aliphatic carbocycles. The third-order valence-corrected chi connectivity index (χ3v) is 1.01. The zero-order valence-electron chi connectivity index (χ0n) is 7.50. The zero-order chi connectivity index (χ0) is 9.99. The molecule has 0 fully saturated rings. The van der Waals surface area contributed by atoms with E-state index in [9.17, 15) is 4.79 Å². The van der Waals surface area contributed by atoms with Crippen LogP contribution in [0.3, 0.4) is 0 Å². The molecule has 0 aliphatic rings. The van der Waals surface area contributed by atoms with E-state index in [0.717, 1.165) is 0 Å². The van der Waals surface area contributed by atoms with Crippen molar-refractivity contribution in [2.24, 2.45) is 5.73 Å². The van der Waals surface area contributed by atoms with E-state index in [1.165, 1.54) is 0 Å². The van der Waals surface area contributed by atoms with E-state index in [4.69, 9.17) is 15.9 Å². The molecule has 72 valence electrons. The number of carbonyl (C=O) groups is 1. The first-order valence-corrected chi connectivity index (χ1v) is 3.57. The second-order valence-corrected chi connectivity index (χ2v) is 3.52. The topological polar surface area (TPSA) is 92.8 Å². The van der Waals surface area contributed by atoms with Crippen molar-refractivity contribution in [2.75, 3.05) is 6.54 Å². The van der Waals surface area contributed by atoms with Gasteiger partial charge in [-0.1, -0.05) is 0 Å². The Morgan fingerprint density at radius 2 is 1.83 bits per heavy atom. The van der Waals surface area contributed by atoms with Crippen LogP contribution in [-0.4, -0.2) is 34.1 Å². The number of nitrogens with two attached hydrogens (primary N) is 1. The summed E-state index contributed by atoms with van der Waals surface area (Å²) in [5.41, 5.74) is 4.18. The van der Waals surface area contributed by atoms with Gasteiger partial charge >= 0.3 is 5.97 Å². The maximum Gasteiger partial charge on any atom is 0.368 e. The van der Waals surface area contributed by atoms with Crippen LogP contribution in [0.1, 0.15) is 20.8 Å². The maximum absolute atomic E-state index is 10.9. The first kappa shape index (κ1) is 11.4. The molecular formula is C7H15NO4. The Morgan fingerprint density at radius 1 is 1.42 bits per heavy atom. The molecule has 0 heterocycles. The van der Waals surface area contributed by atoms with Gasteiger partial charge in [0.25, 0.3) is 5.79 Å². The van der Waals surface area contributed by atoms with Gasteiger partial charge in [0, 0.05) is 0 Å². The molecular weight excluding hydrogens is 162 g/mol. The minimum atomic E-state index is -2.58. The van der Waals surface area contributed by atoms with Crippen molar-refractivity contribution in [1.29, 1.82) is 0 Å². The summed E-state index contributed by atoms with van der Waals surface area (Å²) < 4.78 is 4.67. The molecule has 0 bridgehead atoms. The first-order valence-electron chi connectivity index (χ1n) is 3.57. The molecule has 0 spiro atoms. The molecule has 0 saturated heterocycles. The van der Waals surface area contributed by atoms with Crippen LogP contribution in [0.25, 0.3) is 0 Å². The third-order valence-electron chi connectivity index (χ3n) is 1.01. The van der Waals surface area contributed by atoms with E-state index in [2.05, 4.69) is 4.74 Å². The van der Waals surface area contributed by atoms with Gasteiger partial charge in [-0.2, -0.15) is 0 Å². The lowest BCUT2D eigenvalue weighted by molar-refractivity contribution is -0.215. The van der Waals surface area contributed by atoms with Gasteiger partial charge in [0.15, 0.2) is 0 Å². The Balaban J connectivity index is 4.23. The molecule has 4 N–H and O–H groups in total. The first-order chi connectivity index (χ1) is 5.19. The number of hydrogen-bond acceptors (Lipinski definition) is 5. The average Bonchev–Trinajstić information content (AvgIpc) is 1.84. The normalized spacial score (nSPS) is 12.8. The van der Waals surface area contributed by atoms with E-state index in [-0.39, 0.29) is 0 Å². The Morgan fingerprint density at radius 3 is 2.08 bits per heavy atom. The van der Waals surface area contributed by atoms with Crippen molar-refractivity contribution in [3.8, 4) is 0 Å². The number of esters is 1. The second-order valence-electron chi connectivity index (χ2n) is 3.52. The molecule has 0 aromatic carbocycles. The van der Waals surface area contributed by atoms with Crippen molar-refractivity contribution >= 4 is 5.97 Å². The van der Waals surface area contributed by atoms with Crippen LogP contribution >= 0.6 is 0 Å². The highest BCUT2D eigenvalue weighted by Gasteiger charge is 2.36. The van der Waals surface area contributed by atoms with Gasteiger partial charge < -0.3 is 20.7 Å². The molecule has 0 aromatic rings. The van der Waals surface area contributed by atoms with Crippen molar-refractivity contribution in [3.63, 3.8) is 0 Å². The summed E-state index contributed by atoms with van der Waals surface area (Å²) in [6.45, 7) is 4.29. The van der Waals surface area contributed by atoms with E-state index in [1.54, 1.807) is 20.8 Å². The molecule has 0 radical (unpaired) electrons. The van der Waals surface area contributed by atoms with Crippen LogP contribution in [0.5, 0.6) is 0 Å². The predicted octanol–water partition coefficient (Wildman–Crippen LogP) is -1.03. The van der Waals surface area contributed by atoms with E-state index < -0.39 is 23.9 Å². The van der Waals surface area contributed by atoms with Gasteiger partial charge in [-0.15, -0.1) is 0 Å². The Bertz CT molecular complexity index is 171. The Hall–Kier alpha value is -0.650. The van der Waals surface area contributed by atoms with Gasteiger partial charge in [-0.05, 0) is 20.8 Å². The molecule has 0 unspecified atom stereocenters. The average molecular weight is 177 g/mol. The van der Waals surface area contributed by atoms with Crippen molar-refractivity contribution in [1.82, 2.24) is 0 Å². The lowest BCUT2D eigenvalue weighted by atomic mass is 10.2. The number of aliphatic hydroxyl groups is 2. The van der Waals surface area contributed by atoms with E-state index in [1.807, 2.05) is 0 Å². The van der Waals surface area contributed by atoms with Crippen LogP contribution in [0.4, 0.5) is 0 Å². The second kappa shape index (κ2) is 3.38.